The molecule has 0 amide bonds. The van der Waals surface area contributed by atoms with Gasteiger partial charge in [0.05, 0.1) is 12.3 Å². The van der Waals surface area contributed by atoms with Gasteiger partial charge in [0.1, 0.15) is 5.76 Å². The van der Waals surface area contributed by atoms with Crippen LogP contribution in [-0.2, 0) is 6.42 Å². The van der Waals surface area contributed by atoms with Crippen molar-refractivity contribution < 1.29 is 4.42 Å². The van der Waals surface area contributed by atoms with E-state index in [1.807, 2.05) is 12.3 Å². The van der Waals surface area contributed by atoms with Crippen LogP contribution in [0.15, 0.2) is 39.7 Å². The lowest BCUT2D eigenvalue weighted by molar-refractivity contribution is 0.455. The molecule has 0 saturated heterocycles. The molecule has 1 aliphatic heterocycles. The Bertz CT molecular complexity index is 509. The van der Waals surface area contributed by atoms with E-state index < -0.39 is 0 Å². The lowest BCUT2D eigenvalue weighted by Crippen LogP contribution is -2.29. The second kappa shape index (κ2) is 4.03. The summed E-state index contributed by atoms with van der Waals surface area (Å²) in [6.07, 6.45) is 6.41. The van der Waals surface area contributed by atoms with Crippen molar-refractivity contribution in [2.45, 2.75) is 12.5 Å². The molecule has 0 spiro atoms. The minimum atomic E-state index is 0.201. The molecular weight excluding hydrogens is 268 g/mol. The van der Waals surface area contributed by atoms with Crippen LogP contribution in [0.1, 0.15) is 22.9 Å². The Balaban J connectivity index is 2.04. The molecule has 0 bridgehead atoms. The van der Waals surface area contributed by atoms with Crippen molar-refractivity contribution in [3.05, 3.63) is 52.1 Å². The smallest absolute Gasteiger partial charge is 0.110 e. The maximum atomic E-state index is 5.47. The summed E-state index contributed by atoms with van der Waals surface area (Å²) in [4.78, 5) is 4.20. The van der Waals surface area contributed by atoms with E-state index in [0.29, 0.717) is 0 Å². The second-order valence-corrected chi connectivity index (χ2v) is 4.79. The van der Waals surface area contributed by atoms with E-state index in [1.54, 1.807) is 12.5 Å². The fourth-order valence-electron chi connectivity index (χ4n) is 2.13. The van der Waals surface area contributed by atoms with Crippen molar-refractivity contribution in [1.82, 2.24) is 10.3 Å². The zero-order chi connectivity index (χ0) is 11.0. The number of rotatable bonds is 1. The van der Waals surface area contributed by atoms with E-state index in [2.05, 4.69) is 32.3 Å². The van der Waals surface area contributed by atoms with Gasteiger partial charge in [0.2, 0.25) is 0 Å². The first-order valence-electron chi connectivity index (χ1n) is 5.25. The van der Waals surface area contributed by atoms with Crippen LogP contribution in [0, 0.1) is 0 Å². The molecule has 16 heavy (non-hydrogen) atoms. The van der Waals surface area contributed by atoms with Crippen LogP contribution in [0.2, 0.25) is 0 Å². The fourth-order valence-corrected chi connectivity index (χ4v) is 2.52. The topological polar surface area (TPSA) is 38.1 Å². The molecule has 0 aliphatic carbocycles. The highest BCUT2D eigenvalue weighted by molar-refractivity contribution is 9.10. The molecule has 4 heteroatoms. The first-order valence-corrected chi connectivity index (χ1v) is 6.04. The third kappa shape index (κ3) is 1.68. The molecule has 3 rings (SSSR count). The molecule has 0 aromatic carbocycles. The number of pyridine rings is 1. The van der Waals surface area contributed by atoms with Gasteiger partial charge in [-0.15, -0.1) is 0 Å². The van der Waals surface area contributed by atoms with Gasteiger partial charge in [-0.2, -0.15) is 0 Å². The zero-order valence-electron chi connectivity index (χ0n) is 8.61. The number of fused-ring (bicyclic) bond motifs is 1. The summed E-state index contributed by atoms with van der Waals surface area (Å²) in [6.45, 7) is 0.942. The molecule has 0 saturated carbocycles. The van der Waals surface area contributed by atoms with Gasteiger partial charge < -0.3 is 9.73 Å². The van der Waals surface area contributed by atoms with E-state index in [1.165, 1.54) is 5.56 Å². The summed E-state index contributed by atoms with van der Waals surface area (Å²) < 4.78 is 6.47. The summed E-state index contributed by atoms with van der Waals surface area (Å²) in [5.41, 5.74) is 2.39. The molecule has 1 aliphatic rings. The quantitative estimate of drug-likeness (QED) is 0.872. The average Bonchev–Trinajstić information content (AvgIpc) is 2.76. The number of aromatic nitrogens is 1. The predicted octanol–water partition coefficient (Wildman–Crippen LogP) is 2.67. The average molecular weight is 279 g/mol. The van der Waals surface area contributed by atoms with E-state index in [-0.39, 0.29) is 6.04 Å². The van der Waals surface area contributed by atoms with E-state index in [9.17, 15) is 0 Å². The van der Waals surface area contributed by atoms with Crippen LogP contribution < -0.4 is 5.32 Å². The van der Waals surface area contributed by atoms with Gasteiger partial charge >= 0.3 is 0 Å². The van der Waals surface area contributed by atoms with Gasteiger partial charge in [-0.3, -0.25) is 4.98 Å². The first kappa shape index (κ1) is 10.1. The van der Waals surface area contributed by atoms with Gasteiger partial charge in [0.25, 0.3) is 0 Å². The minimum absolute atomic E-state index is 0.201. The van der Waals surface area contributed by atoms with Crippen LogP contribution >= 0.6 is 15.9 Å². The Hall–Kier alpha value is -1.13. The van der Waals surface area contributed by atoms with Gasteiger partial charge in [0, 0.05) is 35.4 Å². The molecule has 1 atom stereocenters. The number of furan rings is 1. The Morgan fingerprint density at radius 1 is 1.44 bits per heavy atom. The zero-order valence-corrected chi connectivity index (χ0v) is 10.2. The molecule has 3 nitrogen and oxygen atoms in total. The Morgan fingerprint density at radius 3 is 3.25 bits per heavy atom. The standard InChI is InChI=1S/C12H11BrN2O/c13-9-5-8(6-14-7-9)12-10-2-4-16-11(10)1-3-15-12/h2,4-7,12,15H,1,3H2. The Kier molecular flexibility index (Phi) is 2.53. The van der Waals surface area contributed by atoms with Gasteiger partial charge in [-0.05, 0) is 33.6 Å². The normalized spacial score (nSPS) is 19.4. The summed E-state index contributed by atoms with van der Waals surface area (Å²) in [5, 5.41) is 3.48. The van der Waals surface area contributed by atoms with Crippen molar-refractivity contribution in [3.63, 3.8) is 0 Å². The molecule has 3 heterocycles. The highest BCUT2D eigenvalue weighted by Crippen LogP contribution is 2.29. The maximum Gasteiger partial charge on any atom is 0.110 e. The molecule has 2 aromatic rings. The van der Waals surface area contributed by atoms with Crippen LogP contribution in [0.25, 0.3) is 0 Å². The predicted molar refractivity (Wildman–Crippen MR) is 64.2 cm³/mol. The summed E-state index contributed by atoms with van der Waals surface area (Å²) in [5.74, 6) is 1.09. The molecule has 0 fully saturated rings. The summed E-state index contributed by atoms with van der Waals surface area (Å²) >= 11 is 3.45. The largest absolute Gasteiger partial charge is 0.469 e. The Labute approximate surface area is 102 Å². The Morgan fingerprint density at radius 2 is 2.38 bits per heavy atom. The molecular formula is C12H11BrN2O. The number of hydrogen-bond donors (Lipinski definition) is 1. The lowest BCUT2D eigenvalue weighted by atomic mass is 9.96. The second-order valence-electron chi connectivity index (χ2n) is 3.87. The van der Waals surface area contributed by atoms with Gasteiger partial charge in [-0.25, -0.2) is 0 Å². The highest BCUT2D eigenvalue weighted by atomic mass is 79.9. The highest BCUT2D eigenvalue weighted by Gasteiger charge is 2.23. The number of nitrogens with one attached hydrogen (secondary N) is 1. The van der Waals surface area contributed by atoms with Crippen molar-refractivity contribution >= 4 is 15.9 Å². The van der Waals surface area contributed by atoms with E-state index in [0.717, 1.165) is 28.8 Å². The van der Waals surface area contributed by atoms with Crippen molar-refractivity contribution in [3.8, 4) is 0 Å². The first-order chi connectivity index (χ1) is 7.84. The third-order valence-electron chi connectivity index (χ3n) is 2.85. The van der Waals surface area contributed by atoms with Crippen LogP contribution in [-0.4, -0.2) is 11.5 Å². The van der Waals surface area contributed by atoms with Crippen LogP contribution in [0.5, 0.6) is 0 Å². The fraction of sp³-hybridized carbons (Fsp3) is 0.250. The lowest BCUT2D eigenvalue weighted by Gasteiger charge is -2.23. The minimum Gasteiger partial charge on any atom is -0.469 e. The maximum absolute atomic E-state index is 5.47. The van der Waals surface area contributed by atoms with E-state index >= 15 is 0 Å². The van der Waals surface area contributed by atoms with Gasteiger partial charge in [-0.1, -0.05) is 0 Å². The van der Waals surface area contributed by atoms with Crippen molar-refractivity contribution in [2.75, 3.05) is 6.54 Å². The van der Waals surface area contributed by atoms with Crippen LogP contribution in [0.3, 0.4) is 0 Å². The molecule has 1 unspecified atom stereocenters. The number of hydrogen-bond acceptors (Lipinski definition) is 3. The van der Waals surface area contributed by atoms with Gasteiger partial charge in [0.15, 0.2) is 0 Å². The SMILES string of the molecule is Brc1cncc(C2NCCc3occc32)c1. The monoisotopic (exact) mass is 278 g/mol. The third-order valence-corrected chi connectivity index (χ3v) is 3.28. The van der Waals surface area contributed by atoms with Crippen molar-refractivity contribution in [1.29, 1.82) is 0 Å². The summed E-state index contributed by atoms with van der Waals surface area (Å²) in [6, 6.07) is 4.33. The number of nitrogens with zero attached hydrogens (tertiary/aromatic N) is 1. The van der Waals surface area contributed by atoms with Crippen LogP contribution in [0.4, 0.5) is 0 Å². The summed E-state index contributed by atoms with van der Waals surface area (Å²) in [7, 11) is 0. The van der Waals surface area contributed by atoms with Crippen molar-refractivity contribution in [2.24, 2.45) is 0 Å². The molecule has 2 aromatic heterocycles. The molecule has 82 valence electrons. The molecule has 1 N–H and O–H groups in total. The molecule has 0 radical (unpaired) electrons. The van der Waals surface area contributed by atoms with E-state index in [4.69, 9.17) is 4.42 Å². The number of halogens is 1.